The van der Waals surface area contributed by atoms with E-state index in [-0.39, 0.29) is 24.0 Å². The van der Waals surface area contributed by atoms with E-state index in [4.69, 9.17) is 9.73 Å². The largest absolute Gasteiger partial charge is 0.493 e. The third-order valence-corrected chi connectivity index (χ3v) is 4.67. The van der Waals surface area contributed by atoms with Crippen LogP contribution in [0.15, 0.2) is 23.2 Å². The standard InChI is InChI=1S/C19H29N3O.HI/c1-3-5-15-13-17(15)22-19(20-4-2)21-10-8-14-6-7-18-16(12-14)9-11-23-18;/h6-7,12,15,17H,3-5,8-11,13H2,1-2H3,(H2,20,21,22);1H. The van der Waals surface area contributed by atoms with Crippen LogP contribution in [-0.2, 0) is 12.8 Å². The zero-order valence-electron chi connectivity index (χ0n) is 14.8. The first kappa shape index (κ1) is 19.3. The fourth-order valence-corrected chi connectivity index (χ4v) is 3.30. The molecule has 2 unspecified atom stereocenters. The summed E-state index contributed by atoms with van der Waals surface area (Å²) in [5.41, 5.74) is 2.70. The van der Waals surface area contributed by atoms with Crippen LogP contribution < -0.4 is 15.4 Å². The highest BCUT2D eigenvalue weighted by Gasteiger charge is 2.36. The fraction of sp³-hybridized carbons (Fsp3) is 0.632. The molecule has 4 nitrogen and oxygen atoms in total. The van der Waals surface area contributed by atoms with Crippen LogP contribution in [0.1, 0.15) is 44.2 Å². The first-order valence-electron chi connectivity index (χ1n) is 9.09. The highest BCUT2D eigenvalue weighted by Crippen LogP contribution is 2.34. The predicted molar refractivity (Wildman–Crippen MR) is 111 cm³/mol. The third kappa shape index (κ3) is 5.26. The normalized spacial score (nSPS) is 21.5. The minimum Gasteiger partial charge on any atom is -0.493 e. The number of ether oxygens (including phenoxy) is 1. The molecular formula is C19H30IN3O. The van der Waals surface area contributed by atoms with Crippen LogP contribution in [0.25, 0.3) is 0 Å². The Morgan fingerprint density at radius 2 is 2.21 bits per heavy atom. The Morgan fingerprint density at radius 3 is 3.00 bits per heavy atom. The van der Waals surface area contributed by atoms with Crippen LogP contribution >= 0.6 is 24.0 Å². The Labute approximate surface area is 162 Å². The molecule has 1 fully saturated rings. The van der Waals surface area contributed by atoms with E-state index in [2.05, 4.69) is 42.7 Å². The van der Waals surface area contributed by atoms with Crippen molar-refractivity contribution in [3.8, 4) is 5.75 Å². The molecule has 1 aromatic carbocycles. The Morgan fingerprint density at radius 1 is 1.33 bits per heavy atom. The fourth-order valence-electron chi connectivity index (χ4n) is 3.30. The molecule has 5 heteroatoms. The van der Waals surface area contributed by atoms with E-state index in [1.807, 2.05) is 0 Å². The van der Waals surface area contributed by atoms with Gasteiger partial charge < -0.3 is 15.4 Å². The lowest BCUT2D eigenvalue weighted by Crippen LogP contribution is -2.39. The summed E-state index contributed by atoms with van der Waals surface area (Å²) in [6.45, 7) is 6.93. The number of hydrogen-bond acceptors (Lipinski definition) is 2. The van der Waals surface area contributed by atoms with Gasteiger partial charge >= 0.3 is 0 Å². The van der Waals surface area contributed by atoms with Gasteiger partial charge in [-0.25, -0.2) is 0 Å². The highest BCUT2D eigenvalue weighted by atomic mass is 127. The van der Waals surface area contributed by atoms with Crippen molar-refractivity contribution in [2.24, 2.45) is 10.9 Å². The number of guanidine groups is 1. The van der Waals surface area contributed by atoms with Gasteiger partial charge in [0.1, 0.15) is 5.75 Å². The number of nitrogens with zero attached hydrogens (tertiary/aromatic N) is 1. The van der Waals surface area contributed by atoms with E-state index in [1.54, 1.807) is 0 Å². The molecule has 3 rings (SSSR count). The number of hydrogen-bond donors (Lipinski definition) is 2. The van der Waals surface area contributed by atoms with Gasteiger partial charge in [0.2, 0.25) is 0 Å². The minimum absolute atomic E-state index is 0. The maximum absolute atomic E-state index is 5.56. The Bertz CT molecular complexity index is 562. The van der Waals surface area contributed by atoms with Gasteiger partial charge in [-0.05, 0) is 49.3 Å². The van der Waals surface area contributed by atoms with Crippen molar-refractivity contribution in [3.63, 3.8) is 0 Å². The van der Waals surface area contributed by atoms with Gasteiger partial charge in [-0.1, -0.05) is 25.5 Å². The monoisotopic (exact) mass is 443 g/mol. The molecule has 134 valence electrons. The van der Waals surface area contributed by atoms with Gasteiger partial charge in [0, 0.05) is 25.6 Å². The van der Waals surface area contributed by atoms with E-state index in [9.17, 15) is 0 Å². The summed E-state index contributed by atoms with van der Waals surface area (Å²) in [7, 11) is 0. The lowest BCUT2D eigenvalue weighted by atomic mass is 10.1. The van der Waals surface area contributed by atoms with E-state index in [1.165, 1.54) is 30.4 Å². The predicted octanol–water partition coefficient (Wildman–Crippen LogP) is 3.53. The second-order valence-corrected chi connectivity index (χ2v) is 6.59. The van der Waals surface area contributed by atoms with Crippen LogP contribution in [0, 0.1) is 5.92 Å². The van der Waals surface area contributed by atoms with Crippen molar-refractivity contribution in [1.82, 2.24) is 10.6 Å². The summed E-state index contributed by atoms with van der Waals surface area (Å²) >= 11 is 0. The quantitative estimate of drug-likeness (QED) is 0.385. The van der Waals surface area contributed by atoms with Crippen LogP contribution in [0.3, 0.4) is 0 Å². The molecule has 2 atom stereocenters. The molecule has 24 heavy (non-hydrogen) atoms. The molecule has 0 amide bonds. The van der Waals surface area contributed by atoms with Gasteiger partial charge in [0.25, 0.3) is 0 Å². The Hall–Kier alpha value is -0.980. The van der Waals surface area contributed by atoms with Crippen LogP contribution in [0.4, 0.5) is 0 Å². The molecule has 0 radical (unpaired) electrons. The SMILES string of the molecule is CCCC1CC1NC(=NCCc1ccc2c(c1)CCO2)NCC.I. The second kappa shape index (κ2) is 9.49. The van der Waals surface area contributed by atoms with Gasteiger partial charge in [0.05, 0.1) is 6.61 Å². The average Bonchev–Trinajstić information content (AvgIpc) is 3.10. The number of rotatable bonds is 7. The first-order valence-corrected chi connectivity index (χ1v) is 9.09. The van der Waals surface area contributed by atoms with Gasteiger partial charge in [-0.2, -0.15) is 0 Å². The van der Waals surface area contributed by atoms with Crippen molar-refractivity contribution < 1.29 is 4.74 Å². The summed E-state index contributed by atoms with van der Waals surface area (Å²) in [5.74, 6) is 2.88. The zero-order chi connectivity index (χ0) is 16.1. The summed E-state index contributed by atoms with van der Waals surface area (Å²) in [6, 6.07) is 7.17. The number of nitrogens with one attached hydrogen (secondary N) is 2. The molecule has 1 saturated carbocycles. The number of fused-ring (bicyclic) bond motifs is 1. The van der Waals surface area contributed by atoms with Crippen molar-refractivity contribution in [3.05, 3.63) is 29.3 Å². The van der Waals surface area contributed by atoms with Crippen LogP contribution in [0.2, 0.25) is 0 Å². The topological polar surface area (TPSA) is 45.7 Å². The lowest BCUT2D eigenvalue weighted by Gasteiger charge is -2.11. The molecule has 1 aliphatic heterocycles. The van der Waals surface area contributed by atoms with Gasteiger partial charge in [-0.3, -0.25) is 4.99 Å². The summed E-state index contributed by atoms with van der Waals surface area (Å²) < 4.78 is 5.56. The molecule has 1 heterocycles. The zero-order valence-corrected chi connectivity index (χ0v) is 17.1. The molecule has 0 bridgehead atoms. The molecule has 0 saturated heterocycles. The minimum atomic E-state index is 0. The van der Waals surface area contributed by atoms with Crippen LogP contribution in [-0.4, -0.2) is 31.7 Å². The number of aliphatic imine (C=N–C) groups is 1. The summed E-state index contributed by atoms with van der Waals surface area (Å²) in [4.78, 5) is 4.74. The maximum atomic E-state index is 5.56. The molecule has 0 spiro atoms. The first-order chi connectivity index (χ1) is 11.3. The van der Waals surface area contributed by atoms with Crippen molar-refractivity contribution in [2.75, 3.05) is 19.7 Å². The van der Waals surface area contributed by atoms with Crippen LogP contribution in [0.5, 0.6) is 5.75 Å². The van der Waals surface area contributed by atoms with Gasteiger partial charge in [0.15, 0.2) is 5.96 Å². The number of benzene rings is 1. The van der Waals surface area contributed by atoms with Crippen molar-refractivity contribution in [1.29, 1.82) is 0 Å². The van der Waals surface area contributed by atoms with E-state index < -0.39 is 0 Å². The van der Waals surface area contributed by atoms with Gasteiger partial charge in [-0.15, -0.1) is 24.0 Å². The lowest BCUT2D eigenvalue weighted by molar-refractivity contribution is 0.357. The summed E-state index contributed by atoms with van der Waals surface area (Å²) in [6.07, 6.45) is 5.92. The second-order valence-electron chi connectivity index (χ2n) is 6.59. The Balaban J connectivity index is 0.00000208. The van der Waals surface area contributed by atoms with E-state index in [0.29, 0.717) is 6.04 Å². The van der Waals surface area contributed by atoms with Crippen molar-refractivity contribution in [2.45, 2.75) is 52.0 Å². The molecule has 1 aliphatic carbocycles. The smallest absolute Gasteiger partial charge is 0.191 e. The molecule has 1 aromatic rings. The molecule has 0 aromatic heterocycles. The summed E-state index contributed by atoms with van der Waals surface area (Å²) in [5, 5.41) is 6.94. The van der Waals surface area contributed by atoms with E-state index in [0.717, 1.165) is 50.2 Å². The number of halogens is 1. The molecule has 2 N–H and O–H groups in total. The third-order valence-electron chi connectivity index (χ3n) is 4.67. The van der Waals surface area contributed by atoms with Crippen molar-refractivity contribution >= 4 is 29.9 Å². The Kier molecular flexibility index (Phi) is 7.65. The molecular weight excluding hydrogens is 413 g/mol. The molecule has 2 aliphatic rings. The maximum Gasteiger partial charge on any atom is 0.191 e. The highest BCUT2D eigenvalue weighted by molar-refractivity contribution is 14.0. The average molecular weight is 443 g/mol. The van der Waals surface area contributed by atoms with E-state index >= 15 is 0 Å².